The number of aromatic nitrogens is 2. The van der Waals surface area contributed by atoms with Crippen molar-refractivity contribution in [3.05, 3.63) is 91.9 Å². The highest BCUT2D eigenvalue weighted by atomic mass is 35.5. The monoisotopic (exact) mass is 557 g/mol. The van der Waals surface area contributed by atoms with Gasteiger partial charge >= 0.3 is 17.7 Å². The fraction of sp³-hybridized carbons (Fsp3) is 0.269. The Kier molecular flexibility index (Phi) is 8.65. The van der Waals surface area contributed by atoms with E-state index in [2.05, 4.69) is 32.7 Å². The van der Waals surface area contributed by atoms with Crippen LogP contribution in [0.3, 0.4) is 0 Å². The molecule has 3 aromatic rings. The molecule has 2 aromatic carbocycles. The van der Waals surface area contributed by atoms with Gasteiger partial charge in [0.2, 0.25) is 0 Å². The molecule has 1 fully saturated rings. The van der Waals surface area contributed by atoms with Crippen molar-refractivity contribution in [1.82, 2.24) is 20.2 Å². The van der Waals surface area contributed by atoms with E-state index in [0.29, 0.717) is 19.0 Å². The molecule has 12 heteroatoms. The summed E-state index contributed by atoms with van der Waals surface area (Å²) in [4.78, 5) is 57.3. The van der Waals surface area contributed by atoms with Gasteiger partial charge in [0.1, 0.15) is 11.9 Å². The number of piperidine rings is 1. The molecule has 1 atom stereocenters. The Morgan fingerprint density at radius 2 is 1.71 bits per heavy atom. The summed E-state index contributed by atoms with van der Waals surface area (Å²) < 4.78 is 0. The molecule has 0 saturated carbocycles. The molecule has 0 aliphatic carbocycles. The Morgan fingerprint density at radius 3 is 2.34 bits per heavy atom. The number of rotatable bonds is 7. The van der Waals surface area contributed by atoms with Gasteiger partial charge in [0, 0.05) is 31.3 Å². The molecule has 1 unspecified atom stereocenters. The number of halogens is 2. The Hall–Kier alpha value is -3.89. The lowest BCUT2D eigenvalue weighted by atomic mass is 9.89. The molecule has 38 heavy (non-hydrogen) atoms. The average Bonchev–Trinajstić information content (AvgIpc) is 2.90. The summed E-state index contributed by atoms with van der Waals surface area (Å²) >= 11 is 12.2. The molecule has 0 spiro atoms. The van der Waals surface area contributed by atoms with E-state index < -0.39 is 29.6 Å². The number of nitrogens with zero attached hydrogens (tertiary/aromatic N) is 2. The van der Waals surface area contributed by atoms with Crippen molar-refractivity contribution < 1.29 is 19.5 Å². The fourth-order valence-corrected chi connectivity index (χ4v) is 4.95. The lowest BCUT2D eigenvalue weighted by Gasteiger charge is -2.33. The van der Waals surface area contributed by atoms with Crippen LogP contribution in [0.15, 0.2) is 59.5 Å². The van der Waals surface area contributed by atoms with Gasteiger partial charge < -0.3 is 20.6 Å². The number of nitrogens with one attached hydrogen (secondary N) is 3. The molecule has 10 nitrogen and oxygen atoms in total. The summed E-state index contributed by atoms with van der Waals surface area (Å²) in [6.45, 7) is 0.968. The van der Waals surface area contributed by atoms with E-state index in [4.69, 9.17) is 23.2 Å². The van der Waals surface area contributed by atoms with E-state index in [-0.39, 0.29) is 33.4 Å². The van der Waals surface area contributed by atoms with Crippen molar-refractivity contribution in [1.29, 1.82) is 0 Å². The SMILES string of the molecule is O=C(Nc1[nH]c(=O)ncc1CC(NC(=O)N1CCC(c2ccccc2)CC1)C(=O)O)c1c(Cl)cccc1Cl. The third kappa shape index (κ3) is 6.51. The number of hydrogen-bond donors (Lipinski definition) is 4. The second-order valence-electron chi connectivity index (χ2n) is 8.86. The zero-order chi connectivity index (χ0) is 27.2. The van der Waals surface area contributed by atoms with Crippen molar-refractivity contribution in [2.24, 2.45) is 0 Å². The quantitative estimate of drug-likeness (QED) is 0.346. The molecule has 4 N–H and O–H groups in total. The van der Waals surface area contributed by atoms with Crippen molar-refractivity contribution in [2.45, 2.75) is 31.2 Å². The summed E-state index contributed by atoms with van der Waals surface area (Å²) in [5, 5.41) is 15.1. The third-order valence-corrected chi connectivity index (χ3v) is 7.02. The lowest BCUT2D eigenvalue weighted by Crippen LogP contribution is -2.50. The zero-order valence-electron chi connectivity index (χ0n) is 20.1. The van der Waals surface area contributed by atoms with Crippen LogP contribution in [0.1, 0.15) is 40.2 Å². The largest absolute Gasteiger partial charge is 0.480 e. The van der Waals surface area contributed by atoms with Gasteiger partial charge in [0.15, 0.2) is 0 Å². The maximum absolute atomic E-state index is 12.9. The van der Waals surface area contributed by atoms with Crippen LogP contribution in [-0.4, -0.2) is 57.0 Å². The Balaban J connectivity index is 1.44. The van der Waals surface area contributed by atoms with Gasteiger partial charge in [-0.1, -0.05) is 59.6 Å². The molecular weight excluding hydrogens is 533 g/mol. The first kappa shape index (κ1) is 27.2. The number of carbonyl (C=O) groups excluding carboxylic acids is 2. The first-order valence-corrected chi connectivity index (χ1v) is 12.6. The molecular formula is C26H25Cl2N5O5. The highest BCUT2D eigenvalue weighted by molar-refractivity contribution is 6.40. The molecule has 1 aromatic heterocycles. The molecule has 1 aliphatic rings. The second kappa shape index (κ2) is 12.1. The van der Waals surface area contributed by atoms with Crippen LogP contribution in [0.25, 0.3) is 0 Å². The number of likely N-dealkylation sites (tertiary alicyclic amines) is 1. The number of carboxylic acids is 1. The standard InChI is InChI=1S/C26H25Cl2N5O5/c27-18-7-4-8-19(28)21(18)23(34)31-22-17(14-29-25(37)32-22)13-20(24(35)36)30-26(38)33-11-9-16(10-12-33)15-5-2-1-3-6-15/h1-8,14,16,20H,9-13H2,(H,30,38)(H,35,36)(H2,29,31,32,34,37). The van der Waals surface area contributed by atoms with Crippen molar-refractivity contribution in [3.63, 3.8) is 0 Å². The third-order valence-electron chi connectivity index (χ3n) is 6.39. The van der Waals surface area contributed by atoms with Crippen LogP contribution in [-0.2, 0) is 11.2 Å². The van der Waals surface area contributed by atoms with E-state index in [0.717, 1.165) is 19.0 Å². The van der Waals surface area contributed by atoms with Crippen LogP contribution in [0.5, 0.6) is 0 Å². The summed E-state index contributed by atoms with van der Waals surface area (Å²) in [5.74, 6) is -1.73. The number of benzene rings is 2. The summed E-state index contributed by atoms with van der Waals surface area (Å²) in [6, 6.07) is 12.7. The number of amides is 3. The van der Waals surface area contributed by atoms with Crippen LogP contribution in [0.2, 0.25) is 10.0 Å². The summed E-state index contributed by atoms with van der Waals surface area (Å²) in [6.07, 6.45) is 2.42. The molecule has 1 saturated heterocycles. The van der Waals surface area contributed by atoms with Gasteiger partial charge in [-0.25, -0.2) is 19.4 Å². The molecule has 0 bridgehead atoms. The Bertz CT molecular complexity index is 1370. The van der Waals surface area contributed by atoms with E-state index in [1.807, 2.05) is 18.2 Å². The first-order valence-electron chi connectivity index (χ1n) is 11.9. The van der Waals surface area contributed by atoms with Crippen molar-refractivity contribution in [3.8, 4) is 0 Å². The highest BCUT2D eigenvalue weighted by Crippen LogP contribution is 2.28. The predicted octanol–water partition coefficient (Wildman–Crippen LogP) is 3.91. The molecule has 1 aliphatic heterocycles. The minimum absolute atomic E-state index is 0.0126. The number of carboxylic acid groups (broad SMARTS) is 1. The highest BCUT2D eigenvalue weighted by Gasteiger charge is 2.28. The number of aliphatic carboxylic acids is 1. The zero-order valence-corrected chi connectivity index (χ0v) is 21.6. The minimum Gasteiger partial charge on any atom is -0.480 e. The second-order valence-corrected chi connectivity index (χ2v) is 9.67. The summed E-state index contributed by atoms with van der Waals surface area (Å²) in [5.41, 5.74) is 0.638. The van der Waals surface area contributed by atoms with Crippen LogP contribution in [0, 0.1) is 0 Å². The lowest BCUT2D eigenvalue weighted by molar-refractivity contribution is -0.139. The molecule has 4 rings (SSSR count). The van der Waals surface area contributed by atoms with Gasteiger partial charge in [-0.05, 0) is 36.5 Å². The number of aromatic amines is 1. The van der Waals surface area contributed by atoms with Gasteiger partial charge in [-0.3, -0.25) is 9.78 Å². The molecule has 3 amide bonds. The van der Waals surface area contributed by atoms with Gasteiger partial charge in [0.05, 0.1) is 15.6 Å². The summed E-state index contributed by atoms with van der Waals surface area (Å²) in [7, 11) is 0. The molecule has 2 heterocycles. The van der Waals surface area contributed by atoms with Gasteiger partial charge in [-0.2, -0.15) is 0 Å². The number of H-pyrrole nitrogens is 1. The Labute approximate surface area is 228 Å². The van der Waals surface area contributed by atoms with Crippen molar-refractivity contribution >= 4 is 46.9 Å². The Morgan fingerprint density at radius 1 is 1.05 bits per heavy atom. The molecule has 0 radical (unpaired) electrons. The van der Waals surface area contributed by atoms with E-state index >= 15 is 0 Å². The normalized spacial score (nSPS) is 14.5. The average molecular weight is 558 g/mol. The smallest absolute Gasteiger partial charge is 0.346 e. The molecule has 198 valence electrons. The predicted molar refractivity (Wildman–Crippen MR) is 143 cm³/mol. The van der Waals surface area contributed by atoms with E-state index in [1.54, 1.807) is 11.0 Å². The maximum Gasteiger partial charge on any atom is 0.346 e. The number of carbonyl (C=O) groups is 3. The van der Waals surface area contributed by atoms with Gasteiger partial charge in [-0.15, -0.1) is 0 Å². The van der Waals surface area contributed by atoms with E-state index in [1.165, 1.54) is 17.7 Å². The number of hydrogen-bond acceptors (Lipinski definition) is 5. The first-order chi connectivity index (χ1) is 18.2. The minimum atomic E-state index is -1.35. The van der Waals surface area contributed by atoms with Crippen LogP contribution >= 0.6 is 23.2 Å². The van der Waals surface area contributed by atoms with Crippen molar-refractivity contribution in [2.75, 3.05) is 18.4 Å². The van der Waals surface area contributed by atoms with E-state index in [9.17, 15) is 24.3 Å². The maximum atomic E-state index is 12.9. The van der Waals surface area contributed by atoms with Crippen LogP contribution < -0.4 is 16.3 Å². The topological polar surface area (TPSA) is 144 Å². The fourth-order valence-electron chi connectivity index (χ4n) is 4.38. The number of urea groups is 1. The number of anilines is 1. The van der Waals surface area contributed by atoms with Gasteiger partial charge in [0.25, 0.3) is 5.91 Å². The van der Waals surface area contributed by atoms with Crippen LogP contribution in [0.4, 0.5) is 10.6 Å².